The molecule has 1 N–H and O–H groups in total. The molecule has 1 heterocycles. The molecule has 12 heavy (non-hydrogen) atoms. The van der Waals surface area contributed by atoms with Crippen molar-refractivity contribution >= 4 is 6.03 Å². The van der Waals surface area contributed by atoms with Crippen LogP contribution in [0.25, 0.3) is 0 Å². The fourth-order valence-electron chi connectivity index (χ4n) is 1.91. The number of nitrogens with one attached hydrogen (secondary N) is 1. The minimum atomic E-state index is 0.143. The average molecular weight is 168 g/mol. The molecule has 1 aliphatic heterocycles. The Labute approximate surface area is 73.1 Å². The summed E-state index contributed by atoms with van der Waals surface area (Å²) < 4.78 is 0. The van der Waals surface area contributed by atoms with Crippen molar-refractivity contribution in [2.24, 2.45) is 11.8 Å². The molecule has 2 amide bonds. The molecule has 0 aromatic rings. The van der Waals surface area contributed by atoms with Crippen LogP contribution >= 0.6 is 0 Å². The Balaban J connectivity index is 1.73. The summed E-state index contributed by atoms with van der Waals surface area (Å²) in [6, 6.07) is 0.143. The van der Waals surface area contributed by atoms with Gasteiger partial charge in [0.15, 0.2) is 0 Å². The lowest BCUT2D eigenvalue weighted by Crippen LogP contribution is -2.39. The Morgan fingerprint density at radius 3 is 2.75 bits per heavy atom. The van der Waals surface area contributed by atoms with Gasteiger partial charge in [-0.05, 0) is 24.7 Å². The summed E-state index contributed by atoms with van der Waals surface area (Å²) in [5.74, 6) is 1.69. The topological polar surface area (TPSA) is 32.3 Å². The Hall–Kier alpha value is -0.730. The van der Waals surface area contributed by atoms with E-state index in [1.807, 2.05) is 4.90 Å². The van der Waals surface area contributed by atoms with Gasteiger partial charge in [0, 0.05) is 19.6 Å². The average Bonchev–Trinajstić information content (AvgIpc) is 2.69. The van der Waals surface area contributed by atoms with Gasteiger partial charge in [0.1, 0.15) is 0 Å². The van der Waals surface area contributed by atoms with Gasteiger partial charge in [-0.3, -0.25) is 0 Å². The van der Waals surface area contributed by atoms with E-state index in [1.165, 1.54) is 6.42 Å². The monoisotopic (exact) mass is 168 g/mol. The smallest absolute Gasteiger partial charge is 0.317 e. The minimum absolute atomic E-state index is 0.143. The molecule has 0 spiro atoms. The first-order chi connectivity index (χ1) is 5.81. The fourth-order valence-corrected chi connectivity index (χ4v) is 1.91. The molecule has 0 radical (unpaired) electrons. The zero-order valence-corrected chi connectivity index (χ0v) is 7.55. The van der Waals surface area contributed by atoms with Crippen molar-refractivity contribution in [3.05, 3.63) is 0 Å². The third kappa shape index (κ3) is 1.40. The predicted molar refractivity (Wildman–Crippen MR) is 46.9 cm³/mol. The predicted octanol–water partition coefficient (Wildman–Crippen LogP) is 1.06. The zero-order valence-electron chi connectivity index (χ0n) is 7.55. The number of fused-ring (bicyclic) bond motifs is 1. The van der Waals surface area contributed by atoms with Gasteiger partial charge >= 0.3 is 6.03 Å². The molecule has 68 valence electrons. The SMILES string of the molecule is CCCNC(=O)N1CC2CC2C1. The zero-order chi connectivity index (χ0) is 8.55. The molecular formula is C9H16N2O. The Bertz CT molecular complexity index is 183. The number of piperidine rings is 1. The van der Waals surface area contributed by atoms with Crippen molar-refractivity contribution in [1.29, 1.82) is 0 Å². The summed E-state index contributed by atoms with van der Waals surface area (Å²) in [6.07, 6.45) is 2.38. The highest BCUT2D eigenvalue weighted by molar-refractivity contribution is 5.74. The van der Waals surface area contributed by atoms with Gasteiger partial charge in [0.05, 0.1) is 0 Å². The summed E-state index contributed by atoms with van der Waals surface area (Å²) in [5, 5.41) is 2.90. The highest BCUT2D eigenvalue weighted by Crippen LogP contribution is 2.44. The van der Waals surface area contributed by atoms with E-state index in [0.717, 1.165) is 37.9 Å². The molecule has 1 saturated carbocycles. The Morgan fingerprint density at radius 1 is 1.50 bits per heavy atom. The van der Waals surface area contributed by atoms with Crippen LogP contribution < -0.4 is 5.32 Å². The summed E-state index contributed by atoms with van der Waals surface area (Å²) in [6.45, 7) is 4.88. The van der Waals surface area contributed by atoms with Crippen molar-refractivity contribution in [2.45, 2.75) is 19.8 Å². The maximum atomic E-state index is 11.4. The number of hydrogen-bond acceptors (Lipinski definition) is 1. The van der Waals surface area contributed by atoms with Crippen LogP contribution in [0.15, 0.2) is 0 Å². The molecule has 1 saturated heterocycles. The van der Waals surface area contributed by atoms with Crippen LogP contribution in [0.4, 0.5) is 4.79 Å². The standard InChI is InChI=1S/C9H16N2O/c1-2-3-10-9(12)11-5-7-4-8(7)6-11/h7-8H,2-6H2,1H3,(H,10,12). The van der Waals surface area contributed by atoms with Gasteiger partial charge < -0.3 is 10.2 Å². The van der Waals surface area contributed by atoms with Crippen LogP contribution in [0.1, 0.15) is 19.8 Å². The lowest BCUT2D eigenvalue weighted by molar-refractivity contribution is 0.204. The second kappa shape index (κ2) is 2.96. The number of carbonyl (C=O) groups excluding carboxylic acids is 1. The molecule has 0 aromatic carbocycles. The molecule has 2 aliphatic rings. The van der Waals surface area contributed by atoms with Crippen LogP contribution in [-0.4, -0.2) is 30.6 Å². The number of hydrogen-bond donors (Lipinski definition) is 1. The van der Waals surface area contributed by atoms with Crippen LogP contribution in [-0.2, 0) is 0 Å². The molecule has 2 unspecified atom stereocenters. The van der Waals surface area contributed by atoms with Gasteiger partial charge in [-0.15, -0.1) is 0 Å². The van der Waals surface area contributed by atoms with Crippen LogP contribution in [0, 0.1) is 11.8 Å². The molecule has 2 fully saturated rings. The molecule has 0 aromatic heterocycles. The summed E-state index contributed by atoms with van der Waals surface area (Å²) in [5.41, 5.74) is 0. The number of amides is 2. The summed E-state index contributed by atoms with van der Waals surface area (Å²) in [7, 11) is 0. The van der Waals surface area contributed by atoms with Gasteiger partial charge in [0.2, 0.25) is 0 Å². The van der Waals surface area contributed by atoms with E-state index in [2.05, 4.69) is 12.2 Å². The maximum absolute atomic E-state index is 11.4. The number of likely N-dealkylation sites (tertiary alicyclic amines) is 1. The van der Waals surface area contributed by atoms with Crippen molar-refractivity contribution in [3.8, 4) is 0 Å². The lowest BCUT2D eigenvalue weighted by atomic mass is 10.4. The van der Waals surface area contributed by atoms with E-state index in [0.29, 0.717) is 0 Å². The highest BCUT2D eigenvalue weighted by atomic mass is 16.2. The fraction of sp³-hybridized carbons (Fsp3) is 0.889. The highest BCUT2D eigenvalue weighted by Gasteiger charge is 2.46. The van der Waals surface area contributed by atoms with E-state index in [-0.39, 0.29) is 6.03 Å². The van der Waals surface area contributed by atoms with Crippen molar-refractivity contribution < 1.29 is 4.79 Å². The van der Waals surface area contributed by atoms with Gasteiger partial charge in [-0.2, -0.15) is 0 Å². The van der Waals surface area contributed by atoms with E-state index >= 15 is 0 Å². The molecule has 3 heteroatoms. The molecule has 2 atom stereocenters. The Kier molecular flexibility index (Phi) is 1.95. The first-order valence-electron chi connectivity index (χ1n) is 4.84. The van der Waals surface area contributed by atoms with Crippen molar-refractivity contribution in [2.75, 3.05) is 19.6 Å². The third-order valence-electron chi connectivity index (χ3n) is 2.79. The molecule has 1 aliphatic carbocycles. The maximum Gasteiger partial charge on any atom is 0.317 e. The van der Waals surface area contributed by atoms with E-state index in [4.69, 9.17) is 0 Å². The first-order valence-corrected chi connectivity index (χ1v) is 4.84. The molecule has 2 rings (SSSR count). The summed E-state index contributed by atoms with van der Waals surface area (Å²) in [4.78, 5) is 13.3. The number of nitrogens with zero attached hydrogens (tertiary/aromatic N) is 1. The molecular weight excluding hydrogens is 152 g/mol. The normalized spacial score (nSPS) is 31.6. The quantitative estimate of drug-likeness (QED) is 0.657. The largest absolute Gasteiger partial charge is 0.338 e. The second-order valence-corrected chi connectivity index (χ2v) is 3.89. The number of carbonyl (C=O) groups is 1. The second-order valence-electron chi connectivity index (χ2n) is 3.89. The minimum Gasteiger partial charge on any atom is -0.338 e. The third-order valence-corrected chi connectivity index (χ3v) is 2.79. The first kappa shape index (κ1) is 7.90. The van der Waals surface area contributed by atoms with Crippen LogP contribution in [0.2, 0.25) is 0 Å². The van der Waals surface area contributed by atoms with Gasteiger partial charge in [0.25, 0.3) is 0 Å². The van der Waals surface area contributed by atoms with Gasteiger partial charge in [-0.25, -0.2) is 4.79 Å². The summed E-state index contributed by atoms with van der Waals surface area (Å²) >= 11 is 0. The van der Waals surface area contributed by atoms with E-state index < -0.39 is 0 Å². The number of rotatable bonds is 2. The van der Waals surface area contributed by atoms with Crippen LogP contribution in [0.5, 0.6) is 0 Å². The van der Waals surface area contributed by atoms with Crippen molar-refractivity contribution in [3.63, 3.8) is 0 Å². The lowest BCUT2D eigenvalue weighted by Gasteiger charge is -2.18. The Morgan fingerprint density at radius 2 is 2.17 bits per heavy atom. The molecule has 0 bridgehead atoms. The van der Waals surface area contributed by atoms with Crippen LogP contribution in [0.3, 0.4) is 0 Å². The van der Waals surface area contributed by atoms with Gasteiger partial charge in [-0.1, -0.05) is 6.92 Å². The van der Waals surface area contributed by atoms with E-state index in [1.54, 1.807) is 0 Å². The van der Waals surface area contributed by atoms with E-state index in [9.17, 15) is 4.79 Å². The van der Waals surface area contributed by atoms with Crippen molar-refractivity contribution in [1.82, 2.24) is 10.2 Å². The molecule has 3 nitrogen and oxygen atoms in total. The number of urea groups is 1.